The maximum Gasteiger partial charge on any atom is 0.174 e. The molecule has 0 bridgehead atoms. The average molecular weight is 289 g/mol. The summed E-state index contributed by atoms with van der Waals surface area (Å²) in [5.74, 6) is -1.32. The van der Waals surface area contributed by atoms with Gasteiger partial charge in [0.05, 0.1) is 19.0 Å². The first-order chi connectivity index (χ1) is 7.61. The highest BCUT2D eigenvalue weighted by atomic mass is 79.9. The van der Waals surface area contributed by atoms with Gasteiger partial charge in [-0.15, -0.1) is 0 Å². The van der Waals surface area contributed by atoms with Gasteiger partial charge < -0.3 is 9.72 Å². The standard InChI is InChI=1S/C10H7BrF2N2O/c1-16-9-3-6(12)5(2-7(9)13)8-4-14-10(11)15-8/h2-4H,1H3,(H,14,15). The van der Waals surface area contributed by atoms with Crippen LogP contribution in [0, 0.1) is 11.6 Å². The molecule has 0 unspecified atom stereocenters. The van der Waals surface area contributed by atoms with Gasteiger partial charge in [0.25, 0.3) is 0 Å². The fourth-order valence-corrected chi connectivity index (χ4v) is 1.64. The first-order valence-electron chi connectivity index (χ1n) is 4.35. The zero-order valence-corrected chi connectivity index (χ0v) is 9.81. The van der Waals surface area contributed by atoms with Crippen LogP contribution in [0.5, 0.6) is 5.75 Å². The Hall–Kier alpha value is -1.43. The number of H-pyrrole nitrogens is 1. The van der Waals surface area contributed by atoms with Crippen molar-refractivity contribution in [1.29, 1.82) is 0 Å². The van der Waals surface area contributed by atoms with E-state index in [0.717, 1.165) is 12.1 Å². The zero-order chi connectivity index (χ0) is 11.7. The van der Waals surface area contributed by atoms with E-state index >= 15 is 0 Å². The molecule has 16 heavy (non-hydrogen) atoms. The Kier molecular flexibility index (Phi) is 2.91. The first-order valence-corrected chi connectivity index (χ1v) is 5.15. The van der Waals surface area contributed by atoms with Crippen molar-refractivity contribution in [3.05, 3.63) is 34.7 Å². The molecule has 1 aromatic carbocycles. The van der Waals surface area contributed by atoms with Crippen LogP contribution in [0.15, 0.2) is 23.1 Å². The Bertz CT molecular complexity index is 528. The van der Waals surface area contributed by atoms with Crippen LogP contribution in [0.4, 0.5) is 8.78 Å². The lowest BCUT2D eigenvalue weighted by Gasteiger charge is -2.05. The highest BCUT2D eigenvalue weighted by Gasteiger charge is 2.13. The van der Waals surface area contributed by atoms with Crippen molar-refractivity contribution in [2.45, 2.75) is 0 Å². The molecule has 0 aliphatic carbocycles. The van der Waals surface area contributed by atoms with Gasteiger partial charge in [-0.3, -0.25) is 0 Å². The van der Waals surface area contributed by atoms with Crippen LogP contribution in [0.3, 0.4) is 0 Å². The van der Waals surface area contributed by atoms with Gasteiger partial charge in [0.1, 0.15) is 5.82 Å². The molecule has 84 valence electrons. The second kappa shape index (κ2) is 4.21. The van der Waals surface area contributed by atoms with Crippen LogP contribution in [-0.4, -0.2) is 17.1 Å². The van der Waals surface area contributed by atoms with Gasteiger partial charge in [0.2, 0.25) is 0 Å². The van der Waals surface area contributed by atoms with Crippen LogP contribution in [-0.2, 0) is 0 Å². The lowest BCUT2D eigenvalue weighted by molar-refractivity contribution is 0.383. The van der Waals surface area contributed by atoms with Crippen molar-refractivity contribution >= 4 is 15.9 Å². The molecule has 2 aromatic rings. The van der Waals surface area contributed by atoms with Gasteiger partial charge >= 0.3 is 0 Å². The highest BCUT2D eigenvalue weighted by Crippen LogP contribution is 2.28. The summed E-state index contributed by atoms with van der Waals surface area (Å²) in [4.78, 5) is 6.60. The fourth-order valence-electron chi connectivity index (χ4n) is 1.33. The number of hydrogen-bond acceptors (Lipinski definition) is 2. The lowest BCUT2D eigenvalue weighted by atomic mass is 10.1. The SMILES string of the molecule is COc1cc(F)c(-c2cnc(Br)[nH]2)cc1F. The van der Waals surface area contributed by atoms with Gasteiger partial charge in [0.15, 0.2) is 16.3 Å². The highest BCUT2D eigenvalue weighted by molar-refractivity contribution is 9.10. The number of aromatic amines is 1. The van der Waals surface area contributed by atoms with E-state index in [1.54, 1.807) is 0 Å². The number of hydrogen-bond donors (Lipinski definition) is 1. The Morgan fingerprint density at radius 2 is 2.06 bits per heavy atom. The van der Waals surface area contributed by atoms with E-state index in [1.807, 2.05) is 0 Å². The smallest absolute Gasteiger partial charge is 0.174 e. The molecule has 1 aromatic heterocycles. The molecule has 0 radical (unpaired) electrons. The molecule has 0 spiro atoms. The number of imidazole rings is 1. The van der Waals surface area contributed by atoms with Crippen molar-refractivity contribution in [2.75, 3.05) is 7.11 Å². The molecular weight excluding hydrogens is 282 g/mol. The molecular formula is C10H7BrF2N2O. The summed E-state index contributed by atoms with van der Waals surface area (Å²) in [6.07, 6.45) is 1.41. The number of rotatable bonds is 2. The first kappa shape index (κ1) is 11.1. The summed E-state index contributed by atoms with van der Waals surface area (Å²) in [7, 11) is 1.28. The van der Waals surface area contributed by atoms with Crippen molar-refractivity contribution in [3.8, 4) is 17.0 Å². The quantitative estimate of drug-likeness (QED) is 0.922. The molecule has 0 amide bonds. The number of halogens is 3. The molecule has 0 aliphatic rings. The van der Waals surface area contributed by atoms with Crippen molar-refractivity contribution in [1.82, 2.24) is 9.97 Å². The van der Waals surface area contributed by atoms with Crippen molar-refractivity contribution < 1.29 is 13.5 Å². The van der Waals surface area contributed by atoms with Gasteiger partial charge in [-0.25, -0.2) is 13.8 Å². The summed E-state index contributed by atoms with van der Waals surface area (Å²) >= 11 is 3.09. The number of ether oxygens (including phenoxy) is 1. The second-order valence-corrected chi connectivity index (χ2v) is 3.81. The lowest BCUT2D eigenvalue weighted by Crippen LogP contribution is -1.92. The monoisotopic (exact) mass is 288 g/mol. The summed E-state index contributed by atoms with van der Waals surface area (Å²) in [5, 5.41) is 0. The Morgan fingerprint density at radius 1 is 1.31 bits per heavy atom. The van der Waals surface area contributed by atoms with E-state index in [1.165, 1.54) is 13.3 Å². The molecule has 0 saturated heterocycles. The van der Waals surface area contributed by atoms with Crippen LogP contribution < -0.4 is 4.74 Å². The van der Waals surface area contributed by atoms with Gasteiger partial charge in [0, 0.05) is 11.6 Å². The average Bonchev–Trinajstić information content (AvgIpc) is 2.67. The van der Waals surface area contributed by atoms with Crippen LogP contribution in [0.2, 0.25) is 0 Å². The summed E-state index contributed by atoms with van der Waals surface area (Å²) in [6.45, 7) is 0. The predicted molar refractivity (Wildman–Crippen MR) is 58.2 cm³/mol. The number of aromatic nitrogens is 2. The molecule has 0 fully saturated rings. The Morgan fingerprint density at radius 3 is 2.62 bits per heavy atom. The third kappa shape index (κ3) is 1.92. The third-order valence-electron chi connectivity index (χ3n) is 2.08. The number of benzene rings is 1. The minimum Gasteiger partial charge on any atom is -0.494 e. The van der Waals surface area contributed by atoms with Gasteiger partial charge in [-0.1, -0.05) is 0 Å². The molecule has 1 heterocycles. The molecule has 6 heteroatoms. The van der Waals surface area contributed by atoms with E-state index in [-0.39, 0.29) is 11.3 Å². The van der Waals surface area contributed by atoms with Crippen LogP contribution >= 0.6 is 15.9 Å². The Labute approximate surface area is 98.6 Å². The topological polar surface area (TPSA) is 37.9 Å². The number of nitrogens with one attached hydrogen (secondary N) is 1. The van der Waals surface area contributed by atoms with Crippen molar-refractivity contribution in [3.63, 3.8) is 0 Å². The van der Waals surface area contributed by atoms with Gasteiger partial charge in [-0.05, 0) is 22.0 Å². The summed E-state index contributed by atoms with van der Waals surface area (Å²) in [6, 6.07) is 2.06. The summed E-state index contributed by atoms with van der Waals surface area (Å²) in [5.41, 5.74) is 0.502. The van der Waals surface area contributed by atoms with E-state index in [4.69, 9.17) is 0 Å². The maximum atomic E-state index is 13.6. The molecule has 1 N–H and O–H groups in total. The molecule has 2 rings (SSSR count). The fraction of sp³-hybridized carbons (Fsp3) is 0.100. The predicted octanol–water partition coefficient (Wildman–Crippen LogP) is 3.13. The van der Waals surface area contributed by atoms with Crippen molar-refractivity contribution in [2.24, 2.45) is 0 Å². The van der Waals surface area contributed by atoms with E-state index in [0.29, 0.717) is 10.4 Å². The molecule has 0 aliphatic heterocycles. The minimum atomic E-state index is -0.621. The van der Waals surface area contributed by atoms with E-state index in [2.05, 4.69) is 30.6 Å². The third-order valence-corrected chi connectivity index (χ3v) is 2.48. The van der Waals surface area contributed by atoms with Crippen LogP contribution in [0.1, 0.15) is 0 Å². The van der Waals surface area contributed by atoms with Gasteiger partial charge in [-0.2, -0.15) is 0 Å². The molecule has 0 atom stereocenters. The molecule has 0 saturated carbocycles. The maximum absolute atomic E-state index is 13.6. The molecule has 3 nitrogen and oxygen atoms in total. The largest absolute Gasteiger partial charge is 0.494 e. The van der Waals surface area contributed by atoms with E-state index < -0.39 is 11.6 Å². The zero-order valence-electron chi connectivity index (χ0n) is 8.22. The normalized spacial score (nSPS) is 10.5. The minimum absolute atomic E-state index is 0.108. The van der Waals surface area contributed by atoms with E-state index in [9.17, 15) is 8.78 Å². The number of methoxy groups -OCH3 is 1. The number of nitrogens with zero attached hydrogens (tertiary/aromatic N) is 1. The van der Waals surface area contributed by atoms with Crippen LogP contribution in [0.25, 0.3) is 11.3 Å². The Balaban J connectivity index is 2.54. The summed E-state index contributed by atoms with van der Waals surface area (Å²) < 4.78 is 32.1. The second-order valence-electron chi connectivity index (χ2n) is 3.05.